The van der Waals surface area contributed by atoms with E-state index >= 15 is 0 Å². The first kappa shape index (κ1) is 22.8. The average molecular weight is 458 g/mol. The van der Waals surface area contributed by atoms with E-state index in [2.05, 4.69) is 20.8 Å². The number of carbonyl (C=O) groups is 2. The average Bonchev–Trinajstić information content (AvgIpc) is 3.12. The van der Waals surface area contributed by atoms with Crippen LogP contribution in [0.2, 0.25) is 5.02 Å². The minimum absolute atomic E-state index is 0.0944. The Morgan fingerprint density at radius 2 is 1.74 bits per heavy atom. The van der Waals surface area contributed by atoms with Gasteiger partial charge >= 0.3 is 0 Å². The third-order valence-corrected chi connectivity index (χ3v) is 5.97. The first-order chi connectivity index (χ1) is 14.9. The van der Waals surface area contributed by atoms with Crippen LogP contribution < -0.4 is 10.6 Å². The van der Waals surface area contributed by atoms with Gasteiger partial charge in [0.1, 0.15) is 0 Å². The largest absolute Gasteiger partial charge is 0.342 e. The summed E-state index contributed by atoms with van der Waals surface area (Å²) in [6.07, 6.45) is 0. The fourth-order valence-electron chi connectivity index (χ4n) is 2.95. The van der Waals surface area contributed by atoms with Crippen molar-refractivity contribution in [3.63, 3.8) is 0 Å². The van der Waals surface area contributed by atoms with Crippen LogP contribution in [0, 0.1) is 5.92 Å². The van der Waals surface area contributed by atoms with Crippen LogP contribution in [0.15, 0.2) is 59.8 Å². The highest BCUT2D eigenvalue weighted by Crippen LogP contribution is 2.25. The summed E-state index contributed by atoms with van der Waals surface area (Å²) in [5.41, 5.74) is 1.15. The predicted octanol–water partition coefficient (Wildman–Crippen LogP) is 4.33. The lowest BCUT2D eigenvalue weighted by atomic mass is 10.0. The number of rotatable bonds is 8. The number of thioether (sulfide) groups is 1. The Morgan fingerprint density at radius 1 is 1.06 bits per heavy atom. The van der Waals surface area contributed by atoms with Gasteiger partial charge in [0, 0.05) is 12.6 Å². The summed E-state index contributed by atoms with van der Waals surface area (Å²) in [5, 5.41) is 15.4. The SMILES string of the molecule is CC(C)C(NC(=O)c1ccccc1)c1nnc(SCC(=O)Nc2ccccc2Cl)n1C. The number of halogens is 1. The number of nitrogens with zero attached hydrogens (tertiary/aromatic N) is 3. The number of anilines is 1. The molecule has 0 spiro atoms. The van der Waals surface area contributed by atoms with E-state index in [1.807, 2.05) is 43.7 Å². The molecule has 1 unspecified atom stereocenters. The van der Waals surface area contributed by atoms with Crippen molar-refractivity contribution in [2.45, 2.75) is 25.0 Å². The lowest BCUT2D eigenvalue weighted by Crippen LogP contribution is -2.33. The van der Waals surface area contributed by atoms with Crippen LogP contribution in [0.5, 0.6) is 0 Å². The second kappa shape index (κ2) is 10.5. The molecule has 2 N–H and O–H groups in total. The van der Waals surface area contributed by atoms with Crippen LogP contribution in [-0.4, -0.2) is 32.3 Å². The second-order valence-electron chi connectivity index (χ2n) is 7.28. The van der Waals surface area contributed by atoms with Crippen molar-refractivity contribution in [3.05, 3.63) is 71.0 Å². The summed E-state index contributed by atoms with van der Waals surface area (Å²) in [6.45, 7) is 4.02. The maximum atomic E-state index is 12.6. The summed E-state index contributed by atoms with van der Waals surface area (Å²) in [5.74, 6) is 0.515. The van der Waals surface area contributed by atoms with E-state index in [-0.39, 0.29) is 29.5 Å². The molecule has 0 saturated heterocycles. The normalized spacial score (nSPS) is 11.9. The van der Waals surface area contributed by atoms with Crippen molar-refractivity contribution in [3.8, 4) is 0 Å². The molecule has 1 aromatic heterocycles. The molecule has 1 atom stereocenters. The molecule has 31 heavy (non-hydrogen) atoms. The quantitative estimate of drug-likeness (QED) is 0.491. The molecule has 1 heterocycles. The van der Waals surface area contributed by atoms with Crippen LogP contribution in [0.3, 0.4) is 0 Å². The van der Waals surface area contributed by atoms with Gasteiger partial charge in [-0.15, -0.1) is 10.2 Å². The summed E-state index contributed by atoms with van der Waals surface area (Å²) in [4.78, 5) is 24.9. The first-order valence-electron chi connectivity index (χ1n) is 9.79. The lowest BCUT2D eigenvalue weighted by molar-refractivity contribution is -0.113. The standard InChI is InChI=1S/C22H24ClN5O2S/c1-14(2)19(25-21(30)15-9-5-4-6-10-15)20-26-27-22(28(20)3)31-13-18(29)24-17-12-8-7-11-16(17)23/h4-12,14,19H,13H2,1-3H3,(H,24,29)(H,25,30). The van der Waals surface area contributed by atoms with Gasteiger partial charge in [0.25, 0.3) is 5.91 Å². The molecule has 0 fully saturated rings. The van der Waals surface area contributed by atoms with Crippen LogP contribution in [0.1, 0.15) is 36.1 Å². The number of benzene rings is 2. The molecule has 9 heteroatoms. The minimum Gasteiger partial charge on any atom is -0.342 e. The predicted molar refractivity (Wildman–Crippen MR) is 123 cm³/mol. The van der Waals surface area contributed by atoms with Crippen LogP contribution in [0.4, 0.5) is 5.69 Å². The van der Waals surface area contributed by atoms with E-state index < -0.39 is 0 Å². The van der Waals surface area contributed by atoms with Gasteiger partial charge in [-0.1, -0.05) is 67.5 Å². The van der Waals surface area contributed by atoms with Crippen molar-refractivity contribution >= 4 is 40.9 Å². The summed E-state index contributed by atoms with van der Waals surface area (Å²) < 4.78 is 1.81. The Hall–Kier alpha value is -2.84. The Morgan fingerprint density at radius 3 is 2.42 bits per heavy atom. The molecule has 7 nitrogen and oxygen atoms in total. The number of hydrogen-bond acceptors (Lipinski definition) is 5. The van der Waals surface area contributed by atoms with Crippen molar-refractivity contribution < 1.29 is 9.59 Å². The molecule has 162 valence electrons. The highest BCUT2D eigenvalue weighted by atomic mass is 35.5. The van der Waals surface area contributed by atoms with Crippen molar-refractivity contribution in [1.29, 1.82) is 0 Å². The highest BCUT2D eigenvalue weighted by molar-refractivity contribution is 7.99. The molecule has 0 saturated carbocycles. The van der Waals surface area contributed by atoms with Crippen molar-refractivity contribution in [2.24, 2.45) is 13.0 Å². The topological polar surface area (TPSA) is 88.9 Å². The van der Waals surface area contributed by atoms with E-state index in [0.29, 0.717) is 27.3 Å². The first-order valence-corrected chi connectivity index (χ1v) is 11.2. The number of para-hydroxylation sites is 1. The molecule has 0 aliphatic rings. The molecule has 2 amide bonds. The third-order valence-electron chi connectivity index (χ3n) is 4.62. The smallest absolute Gasteiger partial charge is 0.251 e. The molecule has 0 bridgehead atoms. The zero-order chi connectivity index (χ0) is 22.4. The van der Waals surface area contributed by atoms with Crippen LogP contribution in [-0.2, 0) is 11.8 Å². The zero-order valence-electron chi connectivity index (χ0n) is 17.5. The van der Waals surface area contributed by atoms with Gasteiger partial charge in [-0.25, -0.2) is 0 Å². The van der Waals surface area contributed by atoms with E-state index in [4.69, 9.17) is 11.6 Å². The Bertz CT molecular complexity index is 1060. The monoisotopic (exact) mass is 457 g/mol. The van der Waals surface area contributed by atoms with E-state index in [9.17, 15) is 9.59 Å². The van der Waals surface area contributed by atoms with E-state index in [0.717, 1.165) is 0 Å². The van der Waals surface area contributed by atoms with Crippen LogP contribution in [0.25, 0.3) is 0 Å². The Kier molecular flexibility index (Phi) is 7.70. The van der Waals surface area contributed by atoms with Gasteiger partial charge in [0.15, 0.2) is 11.0 Å². The zero-order valence-corrected chi connectivity index (χ0v) is 19.1. The van der Waals surface area contributed by atoms with Gasteiger partial charge in [0.05, 0.1) is 22.5 Å². The molecular formula is C22H24ClN5O2S. The minimum atomic E-state index is -0.323. The van der Waals surface area contributed by atoms with Crippen molar-refractivity contribution in [2.75, 3.05) is 11.1 Å². The Labute approximate surface area is 190 Å². The second-order valence-corrected chi connectivity index (χ2v) is 8.63. The van der Waals surface area contributed by atoms with Gasteiger partial charge in [-0.2, -0.15) is 0 Å². The molecule has 2 aromatic carbocycles. The number of amides is 2. The molecule has 3 rings (SSSR count). The molecule has 0 radical (unpaired) electrons. The van der Waals surface area contributed by atoms with Gasteiger partial charge < -0.3 is 15.2 Å². The maximum Gasteiger partial charge on any atom is 0.251 e. The summed E-state index contributed by atoms with van der Waals surface area (Å²) in [7, 11) is 1.83. The summed E-state index contributed by atoms with van der Waals surface area (Å²) in [6, 6.07) is 15.8. The number of hydrogen-bond donors (Lipinski definition) is 2. The van der Waals surface area contributed by atoms with Gasteiger partial charge in [-0.3, -0.25) is 9.59 Å². The maximum absolute atomic E-state index is 12.6. The van der Waals surface area contributed by atoms with Gasteiger partial charge in [-0.05, 0) is 30.2 Å². The molecule has 3 aromatic rings. The lowest BCUT2D eigenvalue weighted by Gasteiger charge is -2.21. The Balaban J connectivity index is 1.66. The van der Waals surface area contributed by atoms with Crippen molar-refractivity contribution in [1.82, 2.24) is 20.1 Å². The number of carbonyl (C=O) groups excluding carboxylic acids is 2. The molecular weight excluding hydrogens is 434 g/mol. The van der Waals surface area contributed by atoms with Gasteiger partial charge in [0.2, 0.25) is 5.91 Å². The van der Waals surface area contributed by atoms with E-state index in [1.54, 1.807) is 36.4 Å². The highest BCUT2D eigenvalue weighted by Gasteiger charge is 2.25. The number of nitrogens with one attached hydrogen (secondary N) is 2. The molecule has 0 aliphatic heterocycles. The summed E-state index contributed by atoms with van der Waals surface area (Å²) >= 11 is 7.35. The third kappa shape index (κ3) is 5.86. The fourth-order valence-corrected chi connectivity index (χ4v) is 3.85. The molecule has 0 aliphatic carbocycles. The van der Waals surface area contributed by atoms with E-state index in [1.165, 1.54) is 11.8 Å². The van der Waals surface area contributed by atoms with Crippen LogP contribution >= 0.6 is 23.4 Å². The fraction of sp³-hybridized carbons (Fsp3) is 0.273. The number of aromatic nitrogens is 3.